The largest absolute Gasteiger partial charge is 0.507 e. The average molecular weight is 438 g/mol. The maximum atomic E-state index is 13.2. The Morgan fingerprint density at radius 1 is 1.06 bits per heavy atom. The standard InChI is InChI=1S/C24H22O8/c1-6-11(2)15-9-18(30-5)13(4)21-23(15)31-22-16(10-25)17(26)8-14(12(3)7-19(27)28)20(22)24(29)32-21/h6-10,26H,1-5H3,(H,27,28)/b11-6-,12-7+. The molecule has 0 spiro atoms. The van der Waals surface area contributed by atoms with Crippen LogP contribution in [0.3, 0.4) is 0 Å². The van der Waals surface area contributed by atoms with E-state index in [4.69, 9.17) is 19.3 Å². The number of hydrogen-bond donors (Lipinski definition) is 2. The number of carboxylic acids is 1. The van der Waals surface area contributed by atoms with Crippen molar-refractivity contribution in [2.45, 2.75) is 27.7 Å². The Labute approximate surface area is 184 Å². The maximum absolute atomic E-state index is 13.2. The monoisotopic (exact) mass is 438 g/mol. The highest BCUT2D eigenvalue weighted by Gasteiger charge is 2.34. The van der Waals surface area contributed by atoms with Crippen LogP contribution in [0.15, 0.2) is 24.3 Å². The summed E-state index contributed by atoms with van der Waals surface area (Å²) in [4.78, 5) is 36.2. The van der Waals surface area contributed by atoms with Gasteiger partial charge in [-0.05, 0) is 56.5 Å². The van der Waals surface area contributed by atoms with Crippen LogP contribution in [0.5, 0.6) is 28.7 Å². The fourth-order valence-electron chi connectivity index (χ4n) is 3.50. The molecule has 2 N–H and O–H groups in total. The smallest absolute Gasteiger partial charge is 0.348 e. The van der Waals surface area contributed by atoms with Gasteiger partial charge in [-0.15, -0.1) is 0 Å². The van der Waals surface area contributed by atoms with Gasteiger partial charge in [-0.25, -0.2) is 9.59 Å². The molecule has 8 heteroatoms. The molecule has 2 aromatic carbocycles. The van der Waals surface area contributed by atoms with E-state index in [0.717, 1.165) is 17.7 Å². The van der Waals surface area contributed by atoms with Crippen LogP contribution < -0.4 is 14.2 Å². The van der Waals surface area contributed by atoms with Crippen molar-refractivity contribution in [3.63, 3.8) is 0 Å². The number of carbonyl (C=O) groups excluding carboxylic acids is 2. The molecule has 0 unspecified atom stereocenters. The number of ether oxygens (including phenoxy) is 3. The minimum absolute atomic E-state index is 0.0669. The molecule has 0 fully saturated rings. The number of methoxy groups -OCH3 is 1. The van der Waals surface area contributed by atoms with Crippen molar-refractivity contribution in [2.24, 2.45) is 0 Å². The Morgan fingerprint density at radius 3 is 2.31 bits per heavy atom. The fourth-order valence-corrected chi connectivity index (χ4v) is 3.50. The van der Waals surface area contributed by atoms with E-state index in [-0.39, 0.29) is 39.5 Å². The quantitative estimate of drug-likeness (QED) is 0.297. The van der Waals surface area contributed by atoms with E-state index >= 15 is 0 Å². The summed E-state index contributed by atoms with van der Waals surface area (Å²) in [5.74, 6) is -2.05. The van der Waals surface area contributed by atoms with Crippen molar-refractivity contribution in [3.05, 3.63) is 52.1 Å². The number of carboxylic acid groups (broad SMARTS) is 1. The molecule has 1 heterocycles. The second-order valence-electron chi connectivity index (χ2n) is 7.22. The first-order valence-corrected chi connectivity index (χ1v) is 9.66. The molecule has 0 atom stereocenters. The van der Waals surface area contributed by atoms with Gasteiger partial charge in [0, 0.05) is 17.2 Å². The van der Waals surface area contributed by atoms with Gasteiger partial charge in [-0.3, -0.25) is 4.79 Å². The Bertz CT molecular complexity index is 1220. The van der Waals surface area contributed by atoms with Crippen LogP contribution >= 0.6 is 0 Å². The third kappa shape index (κ3) is 3.71. The van der Waals surface area contributed by atoms with E-state index < -0.39 is 17.7 Å². The zero-order valence-corrected chi connectivity index (χ0v) is 18.2. The third-order valence-electron chi connectivity index (χ3n) is 5.30. The number of carbonyl (C=O) groups is 3. The van der Waals surface area contributed by atoms with Crippen molar-refractivity contribution in [1.82, 2.24) is 0 Å². The van der Waals surface area contributed by atoms with Gasteiger partial charge < -0.3 is 24.4 Å². The van der Waals surface area contributed by atoms with Crippen molar-refractivity contribution in [3.8, 4) is 28.7 Å². The van der Waals surface area contributed by atoms with Gasteiger partial charge in [0.05, 0.1) is 12.7 Å². The van der Waals surface area contributed by atoms with Gasteiger partial charge in [0.2, 0.25) is 0 Å². The molecule has 0 aromatic heterocycles. The number of aliphatic carboxylic acids is 1. The number of hydrogen-bond acceptors (Lipinski definition) is 7. The molecular formula is C24H22O8. The highest BCUT2D eigenvalue weighted by molar-refractivity contribution is 6.06. The summed E-state index contributed by atoms with van der Waals surface area (Å²) in [6, 6.07) is 2.87. The van der Waals surface area contributed by atoms with E-state index in [1.165, 1.54) is 14.0 Å². The van der Waals surface area contributed by atoms with Gasteiger partial charge in [-0.1, -0.05) is 6.08 Å². The molecule has 2 aromatic rings. The molecule has 0 aliphatic carbocycles. The number of benzene rings is 2. The van der Waals surface area contributed by atoms with Crippen molar-refractivity contribution in [1.29, 1.82) is 0 Å². The normalized spacial score (nSPS) is 13.3. The van der Waals surface area contributed by atoms with Crippen molar-refractivity contribution in [2.75, 3.05) is 7.11 Å². The molecule has 0 amide bonds. The molecular weight excluding hydrogens is 416 g/mol. The summed E-state index contributed by atoms with van der Waals surface area (Å²) in [7, 11) is 1.48. The molecule has 0 saturated carbocycles. The number of aldehydes is 1. The lowest BCUT2D eigenvalue weighted by atomic mass is 9.96. The van der Waals surface area contributed by atoms with Crippen LogP contribution in [0.1, 0.15) is 58.2 Å². The number of esters is 1. The van der Waals surface area contributed by atoms with Gasteiger partial charge in [0.1, 0.15) is 17.1 Å². The van der Waals surface area contributed by atoms with Crippen LogP contribution in [0.2, 0.25) is 0 Å². The number of rotatable bonds is 5. The molecule has 166 valence electrons. The topological polar surface area (TPSA) is 119 Å². The Morgan fingerprint density at radius 2 is 1.75 bits per heavy atom. The Kier molecular flexibility index (Phi) is 6.06. The van der Waals surface area contributed by atoms with Gasteiger partial charge in [0.15, 0.2) is 23.5 Å². The summed E-state index contributed by atoms with van der Waals surface area (Å²) < 4.78 is 17.2. The zero-order valence-electron chi connectivity index (χ0n) is 18.2. The average Bonchev–Trinajstić information content (AvgIpc) is 2.89. The molecule has 8 nitrogen and oxygen atoms in total. The van der Waals surface area contributed by atoms with Crippen molar-refractivity contribution < 1.29 is 38.8 Å². The third-order valence-corrected chi connectivity index (χ3v) is 5.30. The Hall–Kier alpha value is -4.07. The highest BCUT2D eigenvalue weighted by atomic mass is 16.6. The van der Waals surface area contributed by atoms with E-state index in [1.807, 2.05) is 19.9 Å². The second kappa shape index (κ2) is 8.58. The van der Waals surface area contributed by atoms with Crippen LogP contribution in [0.4, 0.5) is 0 Å². The summed E-state index contributed by atoms with van der Waals surface area (Å²) in [5.41, 5.74) is 1.64. The lowest BCUT2D eigenvalue weighted by Crippen LogP contribution is -2.12. The number of fused-ring (bicyclic) bond motifs is 2. The van der Waals surface area contributed by atoms with Crippen LogP contribution in [0, 0.1) is 6.92 Å². The van der Waals surface area contributed by atoms with Crippen LogP contribution in [-0.2, 0) is 4.79 Å². The van der Waals surface area contributed by atoms with Crippen LogP contribution in [0.25, 0.3) is 11.1 Å². The number of phenolic OH excluding ortho intramolecular Hbond substituents is 1. The van der Waals surface area contributed by atoms with Gasteiger partial charge in [0.25, 0.3) is 0 Å². The predicted molar refractivity (Wildman–Crippen MR) is 117 cm³/mol. The minimum atomic E-state index is -1.24. The molecule has 0 bridgehead atoms. The molecule has 1 aliphatic rings. The number of allylic oxidation sites excluding steroid dienone is 3. The number of phenols is 1. The lowest BCUT2D eigenvalue weighted by Gasteiger charge is -2.18. The molecule has 3 rings (SSSR count). The van der Waals surface area contributed by atoms with Crippen LogP contribution in [-0.4, -0.2) is 35.5 Å². The molecule has 32 heavy (non-hydrogen) atoms. The maximum Gasteiger partial charge on any atom is 0.348 e. The fraction of sp³-hybridized carbons (Fsp3) is 0.208. The van der Waals surface area contributed by atoms with E-state index in [9.17, 15) is 19.5 Å². The van der Waals surface area contributed by atoms with E-state index in [2.05, 4.69) is 0 Å². The molecule has 0 radical (unpaired) electrons. The molecule has 0 saturated heterocycles. The predicted octanol–water partition coefficient (Wildman–Crippen LogP) is 4.76. The summed E-state index contributed by atoms with van der Waals surface area (Å²) in [5, 5.41) is 19.6. The Balaban J connectivity index is 2.44. The van der Waals surface area contributed by atoms with Crippen molar-refractivity contribution >= 4 is 29.4 Å². The first-order chi connectivity index (χ1) is 15.1. The summed E-state index contributed by atoms with van der Waals surface area (Å²) >= 11 is 0. The van der Waals surface area contributed by atoms with Gasteiger partial charge >= 0.3 is 11.9 Å². The highest BCUT2D eigenvalue weighted by Crippen LogP contribution is 2.50. The van der Waals surface area contributed by atoms with E-state index in [0.29, 0.717) is 23.2 Å². The molecule has 1 aliphatic heterocycles. The number of aromatic hydroxyl groups is 1. The first kappa shape index (κ1) is 22.6. The zero-order chi connectivity index (χ0) is 23.7. The van der Waals surface area contributed by atoms with E-state index in [1.54, 1.807) is 13.0 Å². The first-order valence-electron chi connectivity index (χ1n) is 9.66. The lowest BCUT2D eigenvalue weighted by molar-refractivity contribution is -0.131. The second-order valence-corrected chi connectivity index (χ2v) is 7.22. The van der Waals surface area contributed by atoms with Gasteiger partial charge in [-0.2, -0.15) is 0 Å². The summed E-state index contributed by atoms with van der Waals surface area (Å²) in [6.45, 7) is 6.80. The SMILES string of the molecule is C/C=C(/C)c1cc(OC)c(C)c2c1Oc1c(C=O)c(O)cc(/C(C)=C/C(=O)O)c1C(=O)O2. The summed E-state index contributed by atoms with van der Waals surface area (Å²) in [6.07, 6.45) is 3.07. The minimum Gasteiger partial charge on any atom is -0.507 e.